The van der Waals surface area contributed by atoms with Crippen molar-refractivity contribution >= 4 is 30.2 Å². The molecule has 1 amide bonds. The van der Waals surface area contributed by atoms with E-state index in [-0.39, 0.29) is 24.9 Å². The van der Waals surface area contributed by atoms with Gasteiger partial charge in [-0.15, -0.1) is 0 Å². The summed E-state index contributed by atoms with van der Waals surface area (Å²) in [5.74, 6) is 0.690. The molecule has 2 fully saturated rings. The number of nitrogens with two attached hydrogens (primary N) is 1. The zero-order valence-corrected chi connectivity index (χ0v) is 26.9. The topological polar surface area (TPSA) is 151 Å². The van der Waals surface area contributed by atoms with Crippen molar-refractivity contribution in [1.82, 2.24) is 4.90 Å². The van der Waals surface area contributed by atoms with Gasteiger partial charge in [-0.3, -0.25) is 14.4 Å². The molecular weight excluding hydrogens is 582 g/mol. The van der Waals surface area contributed by atoms with Gasteiger partial charge in [0.25, 0.3) is 18.9 Å². The number of aryl methyl sites for hydroxylation is 2. The number of rotatable bonds is 6. The summed E-state index contributed by atoms with van der Waals surface area (Å²) in [6.07, 6.45) is 3.14. The summed E-state index contributed by atoms with van der Waals surface area (Å²) in [6.45, 7) is 10.4. The molecular formula is C36H45N5O5. The van der Waals surface area contributed by atoms with Gasteiger partial charge in [0.05, 0.1) is 17.3 Å². The van der Waals surface area contributed by atoms with Crippen molar-refractivity contribution in [1.29, 1.82) is 5.26 Å². The fourth-order valence-corrected chi connectivity index (χ4v) is 6.74. The van der Waals surface area contributed by atoms with Crippen LogP contribution in [0.2, 0.25) is 0 Å². The lowest BCUT2D eigenvalue weighted by atomic mass is 9.83. The number of hydrogen-bond donors (Lipinski definition) is 3. The van der Waals surface area contributed by atoms with E-state index < -0.39 is 0 Å². The molecule has 5 rings (SSSR count). The number of nitriles is 1. The maximum absolute atomic E-state index is 14.0. The van der Waals surface area contributed by atoms with Gasteiger partial charge in [-0.2, -0.15) is 5.26 Å². The Morgan fingerprint density at radius 2 is 1.54 bits per heavy atom. The smallest absolute Gasteiger partial charge is 0.290 e. The molecule has 3 aromatic carbocycles. The fourth-order valence-electron chi connectivity index (χ4n) is 6.74. The first kappa shape index (κ1) is 35.6. The number of anilines is 2. The molecule has 1 unspecified atom stereocenters. The van der Waals surface area contributed by atoms with Crippen LogP contribution in [0.4, 0.5) is 11.4 Å². The third kappa shape index (κ3) is 8.64. The lowest BCUT2D eigenvalue weighted by molar-refractivity contribution is -0.123. The van der Waals surface area contributed by atoms with Gasteiger partial charge in [0.15, 0.2) is 0 Å². The number of piperazine rings is 1. The molecule has 244 valence electrons. The summed E-state index contributed by atoms with van der Waals surface area (Å²) >= 11 is 0. The second kappa shape index (κ2) is 17.6. The molecule has 0 aromatic heterocycles. The van der Waals surface area contributed by atoms with E-state index in [0.29, 0.717) is 25.6 Å². The van der Waals surface area contributed by atoms with E-state index in [1.807, 2.05) is 29.2 Å². The Bertz CT molecular complexity index is 1490. The highest BCUT2D eigenvalue weighted by Gasteiger charge is 2.31. The Hall–Kier alpha value is -4.88. The molecule has 3 aromatic rings. The highest BCUT2D eigenvalue weighted by molar-refractivity contribution is 5.98. The monoisotopic (exact) mass is 627 g/mol. The van der Waals surface area contributed by atoms with Gasteiger partial charge in [-0.25, -0.2) is 0 Å². The molecule has 0 radical (unpaired) electrons. The molecule has 46 heavy (non-hydrogen) atoms. The van der Waals surface area contributed by atoms with Gasteiger partial charge in [-0.05, 0) is 92.5 Å². The van der Waals surface area contributed by atoms with Gasteiger partial charge >= 0.3 is 0 Å². The van der Waals surface area contributed by atoms with Crippen LogP contribution in [0, 0.1) is 38.0 Å². The van der Waals surface area contributed by atoms with Crippen LogP contribution < -0.4 is 15.5 Å². The summed E-state index contributed by atoms with van der Waals surface area (Å²) in [7, 11) is 0. The molecule has 2 saturated heterocycles. The van der Waals surface area contributed by atoms with E-state index in [2.05, 4.69) is 73.0 Å². The van der Waals surface area contributed by atoms with Crippen LogP contribution in [0.25, 0.3) is 0 Å². The molecule has 10 nitrogen and oxygen atoms in total. The maximum atomic E-state index is 14.0. The minimum absolute atomic E-state index is 0.0991. The van der Waals surface area contributed by atoms with E-state index in [1.165, 1.54) is 11.1 Å². The number of para-hydroxylation sites is 2. The van der Waals surface area contributed by atoms with Gasteiger partial charge in [0.1, 0.15) is 6.07 Å². The third-order valence-electron chi connectivity index (χ3n) is 8.95. The Balaban J connectivity index is 0.000000891. The highest BCUT2D eigenvalue weighted by Crippen LogP contribution is 2.32. The van der Waals surface area contributed by atoms with Crippen LogP contribution in [0.5, 0.6) is 0 Å². The second-order valence-electron chi connectivity index (χ2n) is 11.6. The van der Waals surface area contributed by atoms with Gasteiger partial charge in [0, 0.05) is 50.5 Å². The predicted molar refractivity (Wildman–Crippen MR) is 180 cm³/mol. The zero-order chi connectivity index (χ0) is 33.6. The molecule has 0 saturated carbocycles. The van der Waals surface area contributed by atoms with Crippen molar-refractivity contribution in [3.05, 3.63) is 94.0 Å². The van der Waals surface area contributed by atoms with Crippen molar-refractivity contribution in [2.45, 2.75) is 46.1 Å². The quantitative estimate of drug-likeness (QED) is 0.332. The molecule has 2 aliphatic rings. The number of carbonyl (C=O) groups excluding carboxylic acids is 1. The first-order valence-electron chi connectivity index (χ1n) is 15.5. The van der Waals surface area contributed by atoms with E-state index in [1.54, 1.807) is 0 Å². The standard InChI is InChI=1S/C34H41N5O.2CH2O2/c1-24-19-25(2)33(34(40)38-17-18-39(30(22-36)23-38)29-10-5-4-6-11-29)26(3)31(24)20-27-13-15-37(16-14-27)32-12-8-7-9-28(32)21-35;2*2-1-3/h4-12,19,27,30H,13-18,20,22-23,36H2,1-3H3;2*1H,(H,2,3). The Kier molecular flexibility index (Phi) is 13.6. The number of carbonyl (C=O) groups is 3. The van der Waals surface area contributed by atoms with Crippen LogP contribution >= 0.6 is 0 Å². The van der Waals surface area contributed by atoms with Crippen LogP contribution in [0.1, 0.15) is 51.0 Å². The molecule has 10 heteroatoms. The Morgan fingerprint density at radius 1 is 0.935 bits per heavy atom. The van der Waals surface area contributed by atoms with Crippen LogP contribution in [0.3, 0.4) is 0 Å². The number of piperidine rings is 1. The maximum Gasteiger partial charge on any atom is 0.290 e. The van der Waals surface area contributed by atoms with Crippen molar-refractivity contribution in [3.8, 4) is 6.07 Å². The average Bonchev–Trinajstić information content (AvgIpc) is 3.07. The summed E-state index contributed by atoms with van der Waals surface area (Å²) in [5.41, 5.74) is 14.8. The summed E-state index contributed by atoms with van der Waals surface area (Å²) in [5, 5.41) is 23.3. The molecule has 0 spiro atoms. The molecule has 2 aliphatic heterocycles. The Labute approximate surface area is 271 Å². The number of carboxylic acid groups (broad SMARTS) is 2. The number of amides is 1. The van der Waals surface area contributed by atoms with Crippen molar-refractivity contribution in [3.63, 3.8) is 0 Å². The molecule has 0 aliphatic carbocycles. The van der Waals surface area contributed by atoms with Crippen LogP contribution in [0.15, 0.2) is 60.7 Å². The zero-order valence-electron chi connectivity index (χ0n) is 26.9. The van der Waals surface area contributed by atoms with E-state index in [4.69, 9.17) is 25.5 Å². The van der Waals surface area contributed by atoms with E-state index in [0.717, 1.165) is 72.5 Å². The lowest BCUT2D eigenvalue weighted by Gasteiger charge is -2.42. The molecule has 0 bridgehead atoms. The minimum Gasteiger partial charge on any atom is -0.483 e. The predicted octanol–water partition coefficient (Wildman–Crippen LogP) is 4.63. The van der Waals surface area contributed by atoms with E-state index >= 15 is 0 Å². The van der Waals surface area contributed by atoms with Gasteiger partial charge in [0.2, 0.25) is 0 Å². The number of nitrogens with zero attached hydrogens (tertiary/aromatic N) is 4. The normalized spacial score (nSPS) is 16.2. The van der Waals surface area contributed by atoms with Crippen molar-refractivity contribution < 1.29 is 24.6 Å². The SMILES string of the molecule is Cc1cc(C)c(C(=O)N2CCN(c3ccccc3)C(CN)C2)c(C)c1CC1CCN(c2ccccc2C#N)CC1.O=CO.O=CO. The second-order valence-corrected chi connectivity index (χ2v) is 11.6. The molecule has 2 heterocycles. The summed E-state index contributed by atoms with van der Waals surface area (Å²) < 4.78 is 0. The summed E-state index contributed by atoms with van der Waals surface area (Å²) in [4.78, 5) is 37.4. The fraction of sp³-hybridized carbons (Fsp3) is 0.389. The molecule has 4 N–H and O–H groups in total. The largest absolute Gasteiger partial charge is 0.483 e. The van der Waals surface area contributed by atoms with Crippen LogP contribution in [-0.4, -0.2) is 79.3 Å². The number of benzene rings is 3. The number of hydrogen-bond acceptors (Lipinski definition) is 7. The third-order valence-corrected chi connectivity index (χ3v) is 8.95. The first-order valence-corrected chi connectivity index (χ1v) is 15.5. The first-order chi connectivity index (χ1) is 22.2. The van der Waals surface area contributed by atoms with Crippen LogP contribution in [-0.2, 0) is 16.0 Å². The lowest BCUT2D eigenvalue weighted by Crippen LogP contribution is -2.57. The Morgan fingerprint density at radius 3 is 2.15 bits per heavy atom. The average molecular weight is 628 g/mol. The highest BCUT2D eigenvalue weighted by atomic mass is 16.3. The minimum atomic E-state index is -0.250. The van der Waals surface area contributed by atoms with Crippen molar-refractivity contribution in [2.24, 2.45) is 11.7 Å². The molecule has 1 atom stereocenters. The summed E-state index contributed by atoms with van der Waals surface area (Å²) in [6, 6.07) is 22.9. The van der Waals surface area contributed by atoms with Gasteiger partial charge < -0.3 is 30.6 Å². The van der Waals surface area contributed by atoms with Gasteiger partial charge in [-0.1, -0.05) is 36.4 Å². The van der Waals surface area contributed by atoms with Crippen molar-refractivity contribution in [2.75, 3.05) is 49.1 Å². The van der Waals surface area contributed by atoms with E-state index in [9.17, 15) is 10.1 Å².